The minimum absolute atomic E-state index is 0.189. The predicted octanol–water partition coefficient (Wildman–Crippen LogP) is 4.42. The molecule has 0 bridgehead atoms. The highest BCUT2D eigenvalue weighted by molar-refractivity contribution is 14.1. The van der Waals surface area contributed by atoms with Crippen LogP contribution in [-0.2, 0) is 0 Å². The minimum atomic E-state index is -0.189. The van der Waals surface area contributed by atoms with Crippen LogP contribution in [0.1, 0.15) is 16.8 Å². The lowest BCUT2D eigenvalue weighted by molar-refractivity contribution is 0.102. The lowest BCUT2D eigenvalue weighted by Crippen LogP contribution is -2.11. The summed E-state index contributed by atoms with van der Waals surface area (Å²) in [7, 11) is 0. The summed E-state index contributed by atoms with van der Waals surface area (Å²) in [6.07, 6.45) is 0.821. The van der Waals surface area contributed by atoms with Crippen LogP contribution in [0.15, 0.2) is 23.6 Å². The summed E-state index contributed by atoms with van der Waals surface area (Å²) in [4.78, 5) is 12.2. The second kappa shape index (κ2) is 6.41. The van der Waals surface area contributed by atoms with Gasteiger partial charge in [0, 0.05) is 23.9 Å². The summed E-state index contributed by atoms with van der Waals surface area (Å²) in [5.41, 5.74) is 1.14. The van der Waals surface area contributed by atoms with E-state index in [2.05, 4.69) is 27.9 Å². The summed E-state index contributed by atoms with van der Waals surface area (Å²) < 4.78 is 12.2. The number of benzene rings is 1. The molecule has 0 unspecified atom stereocenters. The molecule has 3 rings (SSSR count). The van der Waals surface area contributed by atoms with Crippen LogP contribution in [0.25, 0.3) is 0 Å². The third-order valence-corrected chi connectivity index (χ3v) is 5.02. The fourth-order valence-electron chi connectivity index (χ4n) is 1.90. The van der Waals surface area contributed by atoms with Crippen LogP contribution in [0, 0.1) is 2.88 Å². The highest BCUT2D eigenvalue weighted by atomic mass is 127. The number of amides is 1. The molecule has 1 aromatic heterocycles. The fraction of sp³-hybridized carbons (Fsp3) is 0.214. The average molecular weight is 436 g/mol. The second-order valence-corrected chi connectivity index (χ2v) is 7.64. The Morgan fingerprint density at radius 2 is 1.95 bits per heavy atom. The van der Waals surface area contributed by atoms with Gasteiger partial charge in [-0.1, -0.05) is 11.6 Å². The van der Waals surface area contributed by atoms with Crippen molar-refractivity contribution in [1.29, 1.82) is 0 Å². The Kier molecular flexibility index (Phi) is 4.56. The van der Waals surface area contributed by atoms with Crippen molar-refractivity contribution in [2.45, 2.75) is 6.42 Å². The number of anilines is 1. The number of ether oxygens (including phenoxy) is 2. The first kappa shape index (κ1) is 14.9. The molecule has 0 aliphatic carbocycles. The van der Waals surface area contributed by atoms with E-state index in [1.165, 1.54) is 11.3 Å². The molecule has 1 aliphatic rings. The molecule has 1 aromatic carbocycles. The van der Waals surface area contributed by atoms with Crippen LogP contribution >= 0.6 is 45.5 Å². The van der Waals surface area contributed by atoms with E-state index in [0.717, 1.165) is 9.30 Å². The summed E-state index contributed by atoms with van der Waals surface area (Å²) in [5.74, 6) is 1.03. The van der Waals surface area contributed by atoms with Crippen molar-refractivity contribution >= 4 is 57.1 Å². The van der Waals surface area contributed by atoms with E-state index in [1.54, 1.807) is 12.1 Å². The Labute approximate surface area is 144 Å². The van der Waals surface area contributed by atoms with Crippen LogP contribution in [0.3, 0.4) is 0 Å². The number of carbonyl (C=O) groups excluding carboxylic acids is 1. The minimum Gasteiger partial charge on any atom is -0.490 e. The van der Waals surface area contributed by atoms with Crippen LogP contribution < -0.4 is 14.8 Å². The molecule has 0 saturated heterocycles. The van der Waals surface area contributed by atoms with Gasteiger partial charge in [-0.05, 0) is 28.7 Å². The average Bonchev–Trinajstić information content (AvgIpc) is 2.76. The summed E-state index contributed by atoms with van der Waals surface area (Å²) in [5, 5.41) is 5.05. The van der Waals surface area contributed by atoms with E-state index in [4.69, 9.17) is 21.1 Å². The monoisotopic (exact) mass is 435 g/mol. The molecule has 21 heavy (non-hydrogen) atoms. The number of carbonyl (C=O) groups is 1. The van der Waals surface area contributed by atoms with Crippen LogP contribution in [0.4, 0.5) is 5.69 Å². The molecule has 0 radical (unpaired) electrons. The zero-order valence-corrected chi connectivity index (χ0v) is 14.5. The number of rotatable bonds is 2. The molecular weight excluding hydrogens is 425 g/mol. The summed E-state index contributed by atoms with van der Waals surface area (Å²) in [6.45, 7) is 1.19. The number of fused-ring (bicyclic) bond motifs is 1. The lowest BCUT2D eigenvalue weighted by Gasteiger charge is -2.12. The van der Waals surface area contributed by atoms with Crippen molar-refractivity contribution in [3.8, 4) is 11.5 Å². The number of thiophene rings is 1. The van der Waals surface area contributed by atoms with Gasteiger partial charge in [0.1, 0.15) is 0 Å². The first-order valence-corrected chi connectivity index (χ1v) is 8.61. The van der Waals surface area contributed by atoms with E-state index < -0.39 is 0 Å². The molecule has 2 aromatic rings. The van der Waals surface area contributed by atoms with Gasteiger partial charge in [-0.15, -0.1) is 11.3 Å². The van der Waals surface area contributed by atoms with Crippen molar-refractivity contribution in [3.05, 3.63) is 37.0 Å². The molecule has 7 heteroatoms. The number of nitrogens with one attached hydrogen (secondary N) is 1. The maximum absolute atomic E-state index is 12.2. The van der Waals surface area contributed by atoms with Crippen LogP contribution in [-0.4, -0.2) is 19.1 Å². The van der Waals surface area contributed by atoms with Gasteiger partial charge < -0.3 is 14.8 Å². The second-order valence-electron chi connectivity index (χ2n) is 4.42. The van der Waals surface area contributed by atoms with Gasteiger partial charge in [0.2, 0.25) is 0 Å². The van der Waals surface area contributed by atoms with Gasteiger partial charge in [-0.3, -0.25) is 4.79 Å². The molecule has 0 fully saturated rings. The standard InChI is InChI=1S/C14H11ClINO3S/c15-9-5-11-12(20-3-1-2-19-11)6-10(9)17-14(18)8-4-13(16)21-7-8/h4-7H,1-3H2,(H,17,18). The topological polar surface area (TPSA) is 47.6 Å². The lowest BCUT2D eigenvalue weighted by atomic mass is 10.2. The van der Waals surface area contributed by atoms with Gasteiger partial charge >= 0.3 is 0 Å². The van der Waals surface area contributed by atoms with E-state index in [-0.39, 0.29) is 5.91 Å². The SMILES string of the molecule is O=C(Nc1cc2c(cc1Cl)OCCCO2)c1csc(I)c1. The third-order valence-electron chi connectivity index (χ3n) is 2.92. The Morgan fingerprint density at radius 1 is 1.24 bits per heavy atom. The fourth-order valence-corrected chi connectivity index (χ4v) is 3.43. The molecular formula is C14H11ClINO3S. The van der Waals surface area contributed by atoms with Crippen LogP contribution in [0.2, 0.25) is 5.02 Å². The predicted molar refractivity (Wildman–Crippen MR) is 92.0 cm³/mol. The molecule has 0 saturated carbocycles. The van der Waals surface area contributed by atoms with Gasteiger partial charge in [0.05, 0.1) is 32.4 Å². The first-order chi connectivity index (χ1) is 10.1. The zero-order valence-electron chi connectivity index (χ0n) is 10.8. The van der Waals surface area contributed by atoms with E-state index in [9.17, 15) is 4.79 Å². The van der Waals surface area contributed by atoms with Crippen molar-refractivity contribution in [3.63, 3.8) is 0 Å². The molecule has 2 heterocycles. The molecule has 4 nitrogen and oxygen atoms in total. The van der Waals surface area contributed by atoms with E-state index in [0.29, 0.717) is 41.0 Å². The summed E-state index contributed by atoms with van der Waals surface area (Å²) in [6, 6.07) is 5.21. The Morgan fingerprint density at radius 3 is 2.62 bits per heavy atom. The first-order valence-electron chi connectivity index (χ1n) is 6.28. The highest BCUT2D eigenvalue weighted by Gasteiger charge is 2.16. The number of hydrogen-bond donors (Lipinski definition) is 1. The number of hydrogen-bond acceptors (Lipinski definition) is 4. The smallest absolute Gasteiger partial charge is 0.256 e. The zero-order chi connectivity index (χ0) is 14.8. The van der Waals surface area contributed by atoms with Crippen LogP contribution in [0.5, 0.6) is 11.5 Å². The maximum atomic E-state index is 12.2. The number of halogens is 2. The Balaban J connectivity index is 1.85. The molecule has 0 spiro atoms. The van der Waals surface area contributed by atoms with Crippen molar-refractivity contribution < 1.29 is 14.3 Å². The largest absolute Gasteiger partial charge is 0.490 e. The molecule has 1 amide bonds. The van der Waals surface area contributed by atoms with Gasteiger partial charge in [0.25, 0.3) is 5.91 Å². The molecule has 1 N–H and O–H groups in total. The maximum Gasteiger partial charge on any atom is 0.256 e. The highest BCUT2D eigenvalue weighted by Crippen LogP contribution is 2.37. The van der Waals surface area contributed by atoms with E-state index >= 15 is 0 Å². The van der Waals surface area contributed by atoms with E-state index in [1.807, 2.05) is 11.4 Å². The molecule has 1 aliphatic heterocycles. The van der Waals surface area contributed by atoms with Crippen molar-refractivity contribution in [1.82, 2.24) is 0 Å². The summed E-state index contributed by atoms with van der Waals surface area (Å²) >= 11 is 9.90. The Bertz CT molecular complexity index is 689. The van der Waals surface area contributed by atoms with Crippen molar-refractivity contribution in [2.24, 2.45) is 0 Å². The normalized spacial score (nSPS) is 13.6. The van der Waals surface area contributed by atoms with Gasteiger partial charge in [-0.2, -0.15) is 0 Å². The quantitative estimate of drug-likeness (QED) is 0.711. The Hall–Kier alpha value is -0.990. The third kappa shape index (κ3) is 3.44. The molecule has 0 atom stereocenters. The van der Waals surface area contributed by atoms with Gasteiger partial charge in [0.15, 0.2) is 11.5 Å². The van der Waals surface area contributed by atoms with Crippen molar-refractivity contribution in [2.75, 3.05) is 18.5 Å². The van der Waals surface area contributed by atoms with Gasteiger partial charge in [-0.25, -0.2) is 0 Å². The molecule has 110 valence electrons.